The van der Waals surface area contributed by atoms with Crippen LogP contribution < -0.4 is 21.3 Å². The smallest absolute Gasteiger partial charge is 0.328 e. The lowest BCUT2D eigenvalue weighted by Crippen LogP contribution is -2.57. The van der Waals surface area contributed by atoms with Crippen molar-refractivity contribution in [2.75, 3.05) is 6.54 Å². The molecular formula is C18H32N4O6. The third kappa shape index (κ3) is 7.43. The molecule has 0 aromatic heterocycles. The SMILES string of the molecule is CC(C)CC(NC(=O)C(C)NC(=O)C1CCCN1)C(=O)NC(C(=O)O)C(C)O. The second kappa shape index (κ2) is 11.0. The number of carbonyl (C=O) groups excluding carboxylic acids is 3. The summed E-state index contributed by atoms with van der Waals surface area (Å²) >= 11 is 0. The van der Waals surface area contributed by atoms with Gasteiger partial charge in [-0.1, -0.05) is 13.8 Å². The van der Waals surface area contributed by atoms with Gasteiger partial charge in [-0.25, -0.2) is 4.79 Å². The number of hydrogen-bond donors (Lipinski definition) is 6. The van der Waals surface area contributed by atoms with Gasteiger partial charge in [-0.15, -0.1) is 0 Å². The maximum absolute atomic E-state index is 12.5. The number of carbonyl (C=O) groups is 4. The average Bonchev–Trinajstić information content (AvgIpc) is 3.12. The fourth-order valence-corrected chi connectivity index (χ4v) is 2.93. The minimum Gasteiger partial charge on any atom is -0.480 e. The Morgan fingerprint density at radius 1 is 1.04 bits per heavy atom. The van der Waals surface area contributed by atoms with E-state index in [0.29, 0.717) is 6.42 Å². The van der Waals surface area contributed by atoms with Crippen LogP contribution in [0, 0.1) is 5.92 Å². The number of aliphatic hydroxyl groups excluding tert-OH is 1. The van der Waals surface area contributed by atoms with Crippen molar-refractivity contribution in [3.05, 3.63) is 0 Å². The number of hydrogen-bond acceptors (Lipinski definition) is 6. The van der Waals surface area contributed by atoms with E-state index < -0.39 is 42.0 Å². The number of amides is 3. The van der Waals surface area contributed by atoms with Gasteiger partial charge in [-0.2, -0.15) is 0 Å². The number of carboxylic acid groups (broad SMARTS) is 1. The van der Waals surface area contributed by atoms with E-state index in [1.807, 2.05) is 13.8 Å². The van der Waals surface area contributed by atoms with Crippen molar-refractivity contribution in [1.82, 2.24) is 21.3 Å². The summed E-state index contributed by atoms with van der Waals surface area (Å²) in [6, 6.07) is -3.65. The molecule has 0 spiro atoms. The van der Waals surface area contributed by atoms with Gasteiger partial charge in [0, 0.05) is 0 Å². The Kier molecular flexibility index (Phi) is 9.33. The monoisotopic (exact) mass is 400 g/mol. The van der Waals surface area contributed by atoms with Crippen LogP contribution >= 0.6 is 0 Å². The largest absolute Gasteiger partial charge is 0.480 e. The van der Waals surface area contributed by atoms with Crippen LogP contribution in [0.15, 0.2) is 0 Å². The summed E-state index contributed by atoms with van der Waals surface area (Å²) in [5.41, 5.74) is 0. The summed E-state index contributed by atoms with van der Waals surface area (Å²) in [7, 11) is 0. The highest BCUT2D eigenvalue weighted by Crippen LogP contribution is 2.08. The van der Waals surface area contributed by atoms with E-state index in [0.717, 1.165) is 13.0 Å². The van der Waals surface area contributed by atoms with Gasteiger partial charge in [0.2, 0.25) is 17.7 Å². The zero-order chi connectivity index (χ0) is 21.4. The minimum absolute atomic E-state index is 0.0402. The van der Waals surface area contributed by atoms with Crippen LogP contribution in [0.4, 0.5) is 0 Å². The predicted octanol–water partition coefficient (Wildman–Crippen LogP) is -1.28. The molecule has 1 aliphatic rings. The molecule has 0 bridgehead atoms. The minimum atomic E-state index is -1.48. The molecule has 1 aliphatic heterocycles. The Labute approximate surface area is 164 Å². The first-order chi connectivity index (χ1) is 13.0. The van der Waals surface area contributed by atoms with Gasteiger partial charge in [-0.3, -0.25) is 14.4 Å². The van der Waals surface area contributed by atoms with Gasteiger partial charge >= 0.3 is 5.97 Å². The van der Waals surface area contributed by atoms with E-state index in [1.165, 1.54) is 13.8 Å². The molecule has 0 radical (unpaired) electrons. The number of rotatable bonds is 10. The molecule has 0 aliphatic carbocycles. The summed E-state index contributed by atoms with van der Waals surface area (Å²) in [6.07, 6.45) is 0.570. The van der Waals surface area contributed by atoms with Crippen molar-refractivity contribution in [3.8, 4) is 0 Å². The molecule has 1 rings (SSSR count). The third-order valence-corrected chi connectivity index (χ3v) is 4.52. The normalized spacial score (nSPS) is 20.7. The Morgan fingerprint density at radius 3 is 2.14 bits per heavy atom. The summed E-state index contributed by atoms with van der Waals surface area (Å²) < 4.78 is 0. The maximum Gasteiger partial charge on any atom is 0.328 e. The molecule has 5 unspecified atom stereocenters. The molecule has 0 aromatic carbocycles. The standard InChI is InChI=1S/C18H32N4O6/c1-9(2)8-13(17(26)22-14(11(4)23)18(27)28)21-15(24)10(3)20-16(25)12-6-5-7-19-12/h9-14,19,23H,5-8H2,1-4H3,(H,20,25)(H,21,24)(H,22,26)(H,27,28). The summed E-state index contributed by atoms with van der Waals surface area (Å²) in [5, 5.41) is 29.1. The van der Waals surface area contributed by atoms with Crippen molar-refractivity contribution in [2.45, 2.75) is 77.2 Å². The highest BCUT2D eigenvalue weighted by Gasteiger charge is 2.31. The molecule has 1 saturated heterocycles. The molecule has 5 atom stereocenters. The van der Waals surface area contributed by atoms with Gasteiger partial charge in [0.05, 0.1) is 12.1 Å². The third-order valence-electron chi connectivity index (χ3n) is 4.52. The van der Waals surface area contributed by atoms with Crippen LogP contribution in [0.3, 0.4) is 0 Å². The molecule has 1 fully saturated rings. The Balaban J connectivity index is 2.72. The van der Waals surface area contributed by atoms with E-state index >= 15 is 0 Å². The van der Waals surface area contributed by atoms with Crippen molar-refractivity contribution < 1.29 is 29.4 Å². The summed E-state index contributed by atoms with van der Waals surface area (Å²) in [5.74, 6) is -2.85. The Morgan fingerprint density at radius 2 is 1.68 bits per heavy atom. The predicted molar refractivity (Wildman–Crippen MR) is 101 cm³/mol. The topological polar surface area (TPSA) is 157 Å². The lowest BCUT2D eigenvalue weighted by Gasteiger charge is -2.25. The fourth-order valence-electron chi connectivity index (χ4n) is 2.93. The van der Waals surface area contributed by atoms with E-state index in [1.54, 1.807) is 0 Å². The second-order valence-corrected chi connectivity index (χ2v) is 7.64. The zero-order valence-corrected chi connectivity index (χ0v) is 16.8. The molecule has 160 valence electrons. The van der Waals surface area contributed by atoms with E-state index in [2.05, 4.69) is 21.3 Å². The van der Waals surface area contributed by atoms with Crippen LogP contribution in [0.1, 0.15) is 47.0 Å². The van der Waals surface area contributed by atoms with Crippen LogP contribution in [0.2, 0.25) is 0 Å². The van der Waals surface area contributed by atoms with E-state index in [4.69, 9.17) is 5.11 Å². The quantitative estimate of drug-likeness (QED) is 0.267. The Hall–Kier alpha value is -2.20. The van der Waals surface area contributed by atoms with Crippen molar-refractivity contribution >= 4 is 23.7 Å². The number of aliphatic carboxylic acids is 1. The highest BCUT2D eigenvalue weighted by atomic mass is 16.4. The van der Waals surface area contributed by atoms with Gasteiger partial charge in [0.15, 0.2) is 6.04 Å². The molecule has 0 aromatic rings. The van der Waals surface area contributed by atoms with Crippen molar-refractivity contribution in [2.24, 2.45) is 5.92 Å². The van der Waals surface area contributed by atoms with Crippen molar-refractivity contribution in [3.63, 3.8) is 0 Å². The zero-order valence-electron chi connectivity index (χ0n) is 16.8. The van der Waals surface area contributed by atoms with Crippen LogP contribution in [0.5, 0.6) is 0 Å². The highest BCUT2D eigenvalue weighted by molar-refractivity contribution is 5.94. The van der Waals surface area contributed by atoms with Gasteiger partial charge in [0.1, 0.15) is 12.1 Å². The average molecular weight is 400 g/mol. The molecule has 3 amide bonds. The summed E-state index contributed by atoms with van der Waals surface area (Å²) in [6.45, 7) is 7.23. The van der Waals surface area contributed by atoms with Gasteiger partial charge in [0.25, 0.3) is 0 Å². The summed E-state index contributed by atoms with van der Waals surface area (Å²) in [4.78, 5) is 48.3. The van der Waals surface area contributed by atoms with Crippen LogP contribution in [-0.2, 0) is 19.2 Å². The molecule has 10 heteroatoms. The molecule has 1 heterocycles. The van der Waals surface area contributed by atoms with Crippen LogP contribution in [-0.4, -0.2) is 70.7 Å². The first kappa shape index (κ1) is 23.8. The fraction of sp³-hybridized carbons (Fsp3) is 0.778. The van der Waals surface area contributed by atoms with E-state index in [-0.39, 0.29) is 24.3 Å². The lowest BCUT2D eigenvalue weighted by atomic mass is 10.0. The van der Waals surface area contributed by atoms with Crippen LogP contribution in [0.25, 0.3) is 0 Å². The Bertz CT molecular complexity index is 574. The number of aliphatic hydroxyl groups is 1. The second-order valence-electron chi connectivity index (χ2n) is 7.64. The van der Waals surface area contributed by atoms with Gasteiger partial charge in [-0.05, 0) is 45.6 Å². The molecule has 6 N–H and O–H groups in total. The van der Waals surface area contributed by atoms with E-state index in [9.17, 15) is 24.3 Å². The van der Waals surface area contributed by atoms with Crippen molar-refractivity contribution in [1.29, 1.82) is 0 Å². The molecule has 0 saturated carbocycles. The first-order valence-electron chi connectivity index (χ1n) is 9.58. The lowest BCUT2D eigenvalue weighted by molar-refractivity contribution is -0.145. The van der Waals surface area contributed by atoms with Gasteiger partial charge < -0.3 is 31.5 Å². The maximum atomic E-state index is 12.5. The first-order valence-corrected chi connectivity index (χ1v) is 9.58. The molecule has 10 nitrogen and oxygen atoms in total. The number of carboxylic acids is 1. The molecule has 28 heavy (non-hydrogen) atoms. The number of nitrogens with one attached hydrogen (secondary N) is 4. The molecular weight excluding hydrogens is 368 g/mol.